The second kappa shape index (κ2) is 6.68. The van der Waals surface area contributed by atoms with E-state index in [4.69, 9.17) is 0 Å². The molecule has 2 aromatic carbocycles. The fourth-order valence-electron chi connectivity index (χ4n) is 2.63. The first-order chi connectivity index (χ1) is 11.8. The van der Waals surface area contributed by atoms with Crippen molar-refractivity contribution in [2.75, 3.05) is 6.26 Å². The van der Waals surface area contributed by atoms with Crippen LogP contribution in [0.1, 0.15) is 34.7 Å². The predicted octanol–water partition coefficient (Wildman–Crippen LogP) is 2.60. The van der Waals surface area contributed by atoms with Crippen LogP contribution in [-0.2, 0) is 15.6 Å². The lowest BCUT2D eigenvalue weighted by atomic mass is 10.1. The van der Waals surface area contributed by atoms with Gasteiger partial charge >= 0.3 is 0 Å². The highest BCUT2D eigenvalue weighted by molar-refractivity contribution is 7.89. The summed E-state index contributed by atoms with van der Waals surface area (Å²) < 4.78 is 22.8. The minimum absolute atomic E-state index is 0.0900. The van der Waals surface area contributed by atoms with Crippen LogP contribution < -0.4 is 5.32 Å². The summed E-state index contributed by atoms with van der Waals surface area (Å²) in [6, 6.07) is 14.0. The highest BCUT2D eigenvalue weighted by Gasteiger charge is 2.15. The molecule has 1 aromatic heterocycles. The van der Waals surface area contributed by atoms with E-state index in [1.54, 1.807) is 24.3 Å². The number of imidazole rings is 1. The lowest BCUT2D eigenvalue weighted by Crippen LogP contribution is -2.27. The van der Waals surface area contributed by atoms with E-state index in [9.17, 15) is 13.2 Å². The summed E-state index contributed by atoms with van der Waals surface area (Å²) in [5.41, 5.74) is 2.76. The summed E-state index contributed by atoms with van der Waals surface area (Å²) >= 11 is 0. The van der Waals surface area contributed by atoms with E-state index in [0.29, 0.717) is 17.0 Å². The van der Waals surface area contributed by atoms with Gasteiger partial charge in [0, 0.05) is 11.8 Å². The van der Waals surface area contributed by atoms with E-state index in [-0.39, 0.29) is 17.7 Å². The Bertz CT molecular complexity index is 992. The summed E-state index contributed by atoms with van der Waals surface area (Å²) in [6.45, 7) is 1.84. The molecule has 1 heterocycles. The molecule has 6 nitrogen and oxygen atoms in total. The molecule has 0 aliphatic carbocycles. The number of H-pyrrole nitrogens is 1. The maximum absolute atomic E-state index is 12.5. The van der Waals surface area contributed by atoms with Crippen LogP contribution in [0.2, 0.25) is 0 Å². The number of aromatic amines is 1. The number of amides is 1. The van der Waals surface area contributed by atoms with Gasteiger partial charge in [-0.05, 0) is 36.8 Å². The summed E-state index contributed by atoms with van der Waals surface area (Å²) in [4.78, 5) is 20.1. The third kappa shape index (κ3) is 4.24. The molecule has 0 saturated heterocycles. The second-order valence-electron chi connectivity index (χ2n) is 6.10. The minimum Gasteiger partial charge on any atom is -0.342 e. The fourth-order valence-corrected chi connectivity index (χ4v) is 3.42. The number of aromatic nitrogens is 2. The molecule has 1 amide bonds. The number of sulfone groups is 1. The third-order valence-electron chi connectivity index (χ3n) is 3.78. The van der Waals surface area contributed by atoms with Gasteiger partial charge in [-0.2, -0.15) is 0 Å². The standard InChI is InChI=1S/C18H19N3O3S/c1-12(17-20-15-8-3-4-9-16(15)21-17)19-18(22)14-7-5-6-13(10-14)11-25(2,23)24/h3-10,12H,11H2,1-2H3,(H,19,22)(H,20,21)/t12-/m1/s1. The molecular formula is C18H19N3O3S. The molecule has 3 aromatic rings. The van der Waals surface area contributed by atoms with E-state index < -0.39 is 9.84 Å². The SMILES string of the molecule is C[C@@H](NC(=O)c1cccc(CS(C)(=O)=O)c1)c1nc2ccccc2[nH]1. The number of para-hydroxylation sites is 2. The molecule has 25 heavy (non-hydrogen) atoms. The molecule has 0 aliphatic heterocycles. The highest BCUT2D eigenvalue weighted by Crippen LogP contribution is 2.16. The normalized spacial score (nSPS) is 12.9. The van der Waals surface area contributed by atoms with Gasteiger partial charge in [0.05, 0.1) is 22.8 Å². The fraction of sp³-hybridized carbons (Fsp3) is 0.222. The van der Waals surface area contributed by atoms with Crippen LogP contribution in [0.25, 0.3) is 11.0 Å². The average Bonchev–Trinajstić information content (AvgIpc) is 2.97. The minimum atomic E-state index is -3.15. The van der Waals surface area contributed by atoms with Gasteiger partial charge in [-0.25, -0.2) is 13.4 Å². The van der Waals surface area contributed by atoms with Crippen molar-refractivity contribution in [1.29, 1.82) is 0 Å². The van der Waals surface area contributed by atoms with Crippen molar-refractivity contribution >= 4 is 26.8 Å². The molecule has 0 spiro atoms. The van der Waals surface area contributed by atoms with Crippen LogP contribution in [0.15, 0.2) is 48.5 Å². The van der Waals surface area contributed by atoms with Crippen LogP contribution >= 0.6 is 0 Å². The topological polar surface area (TPSA) is 91.9 Å². The summed E-state index contributed by atoms with van der Waals surface area (Å²) in [7, 11) is -3.15. The number of carbonyl (C=O) groups excluding carboxylic acids is 1. The molecule has 0 aliphatic rings. The Morgan fingerprint density at radius 2 is 1.96 bits per heavy atom. The Labute approximate surface area is 146 Å². The first-order valence-electron chi connectivity index (χ1n) is 7.84. The van der Waals surface area contributed by atoms with Crippen LogP contribution in [0.3, 0.4) is 0 Å². The zero-order valence-corrected chi connectivity index (χ0v) is 14.8. The number of nitrogens with zero attached hydrogens (tertiary/aromatic N) is 1. The monoisotopic (exact) mass is 357 g/mol. The molecular weight excluding hydrogens is 338 g/mol. The molecule has 1 atom stereocenters. The second-order valence-corrected chi connectivity index (χ2v) is 8.24. The maximum atomic E-state index is 12.5. The van der Waals surface area contributed by atoms with Gasteiger partial charge in [0.25, 0.3) is 5.91 Å². The van der Waals surface area contributed by atoms with Crippen LogP contribution in [0.4, 0.5) is 0 Å². The maximum Gasteiger partial charge on any atom is 0.251 e. The first-order valence-corrected chi connectivity index (χ1v) is 9.90. The van der Waals surface area contributed by atoms with Gasteiger partial charge in [0.2, 0.25) is 0 Å². The van der Waals surface area contributed by atoms with Crippen LogP contribution in [0, 0.1) is 0 Å². The number of benzene rings is 2. The molecule has 0 saturated carbocycles. The van der Waals surface area contributed by atoms with Gasteiger partial charge in [0.1, 0.15) is 5.82 Å². The van der Waals surface area contributed by atoms with Crippen molar-refractivity contribution in [1.82, 2.24) is 15.3 Å². The molecule has 0 unspecified atom stereocenters. The van der Waals surface area contributed by atoms with Crippen LogP contribution in [0.5, 0.6) is 0 Å². The van der Waals surface area contributed by atoms with Gasteiger partial charge in [-0.3, -0.25) is 4.79 Å². The Hall–Kier alpha value is -2.67. The molecule has 0 bridgehead atoms. The predicted molar refractivity (Wildman–Crippen MR) is 97.0 cm³/mol. The van der Waals surface area contributed by atoms with E-state index in [1.165, 1.54) is 6.26 Å². The van der Waals surface area contributed by atoms with Crippen molar-refractivity contribution in [3.63, 3.8) is 0 Å². The van der Waals surface area contributed by atoms with E-state index in [2.05, 4.69) is 15.3 Å². The lowest BCUT2D eigenvalue weighted by molar-refractivity contribution is 0.0938. The van der Waals surface area contributed by atoms with Crippen molar-refractivity contribution < 1.29 is 13.2 Å². The summed E-state index contributed by atoms with van der Waals surface area (Å²) in [6.07, 6.45) is 1.17. The number of carbonyl (C=O) groups is 1. The van der Waals surface area contributed by atoms with Gasteiger partial charge in [-0.15, -0.1) is 0 Å². The third-order valence-corrected chi connectivity index (χ3v) is 4.64. The zero-order valence-electron chi connectivity index (χ0n) is 14.0. The smallest absolute Gasteiger partial charge is 0.251 e. The molecule has 7 heteroatoms. The van der Waals surface area contributed by atoms with Crippen molar-refractivity contribution in [3.8, 4) is 0 Å². The first kappa shape index (κ1) is 17.2. The van der Waals surface area contributed by atoms with Gasteiger partial charge in [0.15, 0.2) is 9.84 Å². The van der Waals surface area contributed by atoms with E-state index >= 15 is 0 Å². The van der Waals surface area contributed by atoms with E-state index in [1.807, 2.05) is 31.2 Å². The Kier molecular flexibility index (Phi) is 4.59. The lowest BCUT2D eigenvalue weighted by Gasteiger charge is -2.12. The molecule has 0 fully saturated rings. The quantitative estimate of drug-likeness (QED) is 0.734. The number of fused-ring (bicyclic) bond motifs is 1. The number of rotatable bonds is 5. The largest absolute Gasteiger partial charge is 0.342 e. The molecule has 3 rings (SSSR count). The van der Waals surface area contributed by atoms with Gasteiger partial charge in [-0.1, -0.05) is 24.3 Å². The van der Waals surface area contributed by atoms with Crippen molar-refractivity contribution in [3.05, 3.63) is 65.5 Å². The zero-order chi connectivity index (χ0) is 18.0. The summed E-state index contributed by atoms with van der Waals surface area (Å²) in [5, 5.41) is 2.88. The van der Waals surface area contributed by atoms with Crippen molar-refractivity contribution in [2.45, 2.75) is 18.7 Å². The Morgan fingerprint density at radius 3 is 2.68 bits per heavy atom. The summed E-state index contributed by atoms with van der Waals surface area (Å²) in [5.74, 6) is 0.304. The Balaban J connectivity index is 1.76. The number of hydrogen-bond donors (Lipinski definition) is 2. The molecule has 0 radical (unpaired) electrons. The molecule has 130 valence electrons. The molecule has 2 N–H and O–H groups in total. The van der Waals surface area contributed by atoms with Gasteiger partial charge < -0.3 is 10.3 Å². The average molecular weight is 357 g/mol. The number of nitrogens with one attached hydrogen (secondary N) is 2. The van der Waals surface area contributed by atoms with Crippen LogP contribution in [-0.4, -0.2) is 30.5 Å². The van der Waals surface area contributed by atoms with Crippen molar-refractivity contribution in [2.24, 2.45) is 0 Å². The number of hydrogen-bond acceptors (Lipinski definition) is 4. The Morgan fingerprint density at radius 1 is 1.20 bits per heavy atom. The van der Waals surface area contributed by atoms with E-state index in [0.717, 1.165) is 11.0 Å². The highest BCUT2D eigenvalue weighted by atomic mass is 32.2.